The van der Waals surface area contributed by atoms with E-state index >= 15 is 0 Å². The molecule has 2 aliphatic carbocycles. The minimum Gasteiger partial charge on any atom is -0.464 e. The second-order valence-corrected chi connectivity index (χ2v) is 7.72. The van der Waals surface area contributed by atoms with Gasteiger partial charge < -0.3 is 14.6 Å². The lowest BCUT2D eigenvalue weighted by molar-refractivity contribution is -0.139. The molecule has 2 aliphatic rings. The standard InChI is InChI=1S/C20H28N2O4/c1-11-16(12(2)21-17(11)20(25)26-4)18(23)13(3)22(10-14-8-9-14)19(24)15-6-5-7-15/h13-15,21H,5-10H2,1-4H3. The molecule has 0 aliphatic heterocycles. The Morgan fingerprint density at radius 1 is 1.19 bits per heavy atom. The maximum Gasteiger partial charge on any atom is 0.354 e. The third-order valence-electron chi connectivity index (χ3n) is 5.81. The SMILES string of the molecule is COC(=O)c1[nH]c(C)c(C(=O)C(C)N(CC2CC2)C(=O)C2CCC2)c1C. The minimum atomic E-state index is -0.526. The predicted octanol–water partition coefficient (Wildman–Crippen LogP) is 3.03. The van der Waals surface area contributed by atoms with Crippen molar-refractivity contribution in [1.82, 2.24) is 9.88 Å². The molecule has 1 N–H and O–H groups in total. The molecule has 0 aromatic carbocycles. The van der Waals surface area contributed by atoms with Gasteiger partial charge >= 0.3 is 5.97 Å². The highest BCUT2D eigenvalue weighted by molar-refractivity contribution is 6.06. The lowest BCUT2D eigenvalue weighted by Gasteiger charge is -2.35. The number of carbonyl (C=O) groups is 3. The number of nitrogens with one attached hydrogen (secondary N) is 1. The number of nitrogens with zero attached hydrogens (tertiary/aromatic N) is 1. The molecule has 1 amide bonds. The van der Waals surface area contributed by atoms with Gasteiger partial charge in [0.25, 0.3) is 0 Å². The van der Waals surface area contributed by atoms with Gasteiger partial charge in [-0.25, -0.2) is 4.79 Å². The Labute approximate surface area is 154 Å². The van der Waals surface area contributed by atoms with Crippen LogP contribution in [0, 0.1) is 25.7 Å². The highest BCUT2D eigenvalue weighted by Gasteiger charge is 2.38. The van der Waals surface area contributed by atoms with Gasteiger partial charge in [-0.1, -0.05) is 6.42 Å². The van der Waals surface area contributed by atoms with E-state index in [4.69, 9.17) is 4.74 Å². The number of H-pyrrole nitrogens is 1. The summed E-state index contributed by atoms with van der Waals surface area (Å²) in [5, 5.41) is 0. The van der Waals surface area contributed by atoms with Crippen molar-refractivity contribution in [3.8, 4) is 0 Å². The number of hydrogen-bond acceptors (Lipinski definition) is 4. The zero-order chi connectivity index (χ0) is 19.0. The molecule has 1 aromatic rings. The zero-order valence-electron chi connectivity index (χ0n) is 16.1. The molecule has 1 atom stereocenters. The summed E-state index contributed by atoms with van der Waals surface area (Å²) in [7, 11) is 1.32. The van der Waals surface area contributed by atoms with Crippen LogP contribution in [0.2, 0.25) is 0 Å². The van der Waals surface area contributed by atoms with Crippen LogP contribution in [-0.2, 0) is 9.53 Å². The Balaban J connectivity index is 1.85. The number of methoxy groups -OCH3 is 1. The molecule has 3 rings (SSSR count). The van der Waals surface area contributed by atoms with E-state index in [0.717, 1.165) is 32.1 Å². The molecular weight excluding hydrogens is 332 g/mol. The van der Waals surface area contributed by atoms with E-state index < -0.39 is 12.0 Å². The van der Waals surface area contributed by atoms with Gasteiger partial charge in [-0.05, 0) is 57.9 Å². The van der Waals surface area contributed by atoms with Gasteiger partial charge in [-0.3, -0.25) is 9.59 Å². The molecule has 0 bridgehead atoms. The number of hydrogen-bond donors (Lipinski definition) is 1. The molecule has 6 heteroatoms. The highest BCUT2D eigenvalue weighted by atomic mass is 16.5. The lowest BCUT2D eigenvalue weighted by Crippen LogP contribution is -2.48. The average molecular weight is 360 g/mol. The van der Waals surface area contributed by atoms with Crippen LogP contribution >= 0.6 is 0 Å². The quantitative estimate of drug-likeness (QED) is 0.599. The summed E-state index contributed by atoms with van der Waals surface area (Å²) in [6.45, 7) is 5.99. The normalized spacial score (nSPS) is 18.2. The highest BCUT2D eigenvalue weighted by Crippen LogP contribution is 2.34. The van der Waals surface area contributed by atoms with Crippen molar-refractivity contribution in [2.45, 2.75) is 58.9 Å². The van der Waals surface area contributed by atoms with E-state index in [1.807, 2.05) is 6.92 Å². The van der Waals surface area contributed by atoms with Crippen LogP contribution in [-0.4, -0.2) is 47.2 Å². The summed E-state index contributed by atoms with van der Waals surface area (Å²) in [6, 6.07) is -0.526. The van der Waals surface area contributed by atoms with Crippen LogP contribution in [0.1, 0.15) is 71.1 Å². The Morgan fingerprint density at radius 2 is 1.85 bits per heavy atom. The Kier molecular flexibility index (Phi) is 5.21. The lowest BCUT2D eigenvalue weighted by atomic mass is 9.83. The maximum atomic E-state index is 13.2. The van der Waals surface area contributed by atoms with Gasteiger partial charge in [0, 0.05) is 23.7 Å². The van der Waals surface area contributed by atoms with Crippen molar-refractivity contribution in [1.29, 1.82) is 0 Å². The Morgan fingerprint density at radius 3 is 2.35 bits per heavy atom. The van der Waals surface area contributed by atoms with Crippen molar-refractivity contribution >= 4 is 17.7 Å². The average Bonchev–Trinajstić information content (AvgIpc) is 3.33. The smallest absolute Gasteiger partial charge is 0.354 e. The van der Waals surface area contributed by atoms with Crippen LogP contribution in [0.25, 0.3) is 0 Å². The summed E-state index contributed by atoms with van der Waals surface area (Å²) >= 11 is 0. The second kappa shape index (κ2) is 7.25. The van der Waals surface area contributed by atoms with E-state index in [-0.39, 0.29) is 17.6 Å². The molecule has 0 radical (unpaired) electrons. The van der Waals surface area contributed by atoms with E-state index in [2.05, 4.69) is 4.98 Å². The van der Waals surface area contributed by atoms with E-state index in [0.29, 0.717) is 35.0 Å². The first-order valence-electron chi connectivity index (χ1n) is 9.47. The largest absolute Gasteiger partial charge is 0.464 e. The molecule has 142 valence electrons. The third kappa shape index (κ3) is 3.41. The fourth-order valence-corrected chi connectivity index (χ4v) is 3.68. The summed E-state index contributed by atoms with van der Waals surface area (Å²) < 4.78 is 4.78. The van der Waals surface area contributed by atoms with Crippen molar-refractivity contribution in [3.63, 3.8) is 0 Å². The topological polar surface area (TPSA) is 79.5 Å². The van der Waals surface area contributed by atoms with E-state index in [9.17, 15) is 14.4 Å². The molecule has 6 nitrogen and oxygen atoms in total. The van der Waals surface area contributed by atoms with Gasteiger partial charge in [0.15, 0.2) is 5.78 Å². The molecule has 1 unspecified atom stereocenters. The van der Waals surface area contributed by atoms with E-state index in [1.54, 1.807) is 18.7 Å². The van der Waals surface area contributed by atoms with Gasteiger partial charge in [0.1, 0.15) is 5.69 Å². The predicted molar refractivity (Wildman–Crippen MR) is 97.2 cm³/mol. The third-order valence-corrected chi connectivity index (χ3v) is 5.81. The first-order valence-corrected chi connectivity index (χ1v) is 9.47. The van der Waals surface area contributed by atoms with Crippen molar-refractivity contribution in [2.75, 3.05) is 13.7 Å². The Hall–Kier alpha value is -2.11. The molecule has 2 saturated carbocycles. The molecule has 1 heterocycles. The van der Waals surface area contributed by atoms with Crippen LogP contribution < -0.4 is 0 Å². The molecular formula is C20H28N2O4. The summed E-state index contributed by atoms with van der Waals surface area (Å²) in [6.07, 6.45) is 5.20. The fraction of sp³-hybridized carbons (Fsp3) is 0.650. The van der Waals surface area contributed by atoms with Crippen molar-refractivity contribution in [3.05, 3.63) is 22.5 Å². The van der Waals surface area contributed by atoms with Crippen LogP contribution in [0.3, 0.4) is 0 Å². The van der Waals surface area contributed by atoms with Crippen LogP contribution in [0.15, 0.2) is 0 Å². The molecule has 0 spiro atoms. The number of ether oxygens (including phenoxy) is 1. The summed E-state index contributed by atoms with van der Waals surface area (Å²) in [4.78, 5) is 42.8. The number of amides is 1. The van der Waals surface area contributed by atoms with Gasteiger partial charge in [-0.15, -0.1) is 0 Å². The van der Waals surface area contributed by atoms with Gasteiger partial charge in [-0.2, -0.15) is 0 Å². The number of aromatic amines is 1. The molecule has 1 aromatic heterocycles. The number of carbonyl (C=O) groups excluding carboxylic acids is 3. The number of rotatable bonds is 7. The number of ketones is 1. The Bertz CT molecular complexity index is 728. The molecule has 0 saturated heterocycles. The number of aromatic nitrogens is 1. The first kappa shape index (κ1) is 18.7. The second-order valence-electron chi connectivity index (χ2n) is 7.72. The fourth-order valence-electron chi connectivity index (χ4n) is 3.68. The molecule has 26 heavy (non-hydrogen) atoms. The van der Waals surface area contributed by atoms with Crippen molar-refractivity contribution in [2.24, 2.45) is 11.8 Å². The van der Waals surface area contributed by atoms with Gasteiger partial charge in [0.2, 0.25) is 5.91 Å². The summed E-state index contributed by atoms with van der Waals surface area (Å²) in [5.74, 6) is 0.108. The first-order chi connectivity index (χ1) is 12.3. The van der Waals surface area contributed by atoms with Crippen molar-refractivity contribution < 1.29 is 19.1 Å². The number of esters is 1. The zero-order valence-corrected chi connectivity index (χ0v) is 16.1. The van der Waals surface area contributed by atoms with E-state index in [1.165, 1.54) is 7.11 Å². The summed E-state index contributed by atoms with van der Waals surface area (Å²) in [5.41, 5.74) is 2.04. The number of Topliss-reactive ketones (excluding diaryl/α,β-unsaturated/α-hetero) is 1. The minimum absolute atomic E-state index is 0.0723. The van der Waals surface area contributed by atoms with Crippen LogP contribution in [0.4, 0.5) is 0 Å². The van der Waals surface area contributed by atoms with Gasteiger partial charge in [0.05, 0.1) is 13.2 Å². The molecule has 2 fully saturated rings. The maximum absolute atomic E-state index is 13.2. The number of aryl methyl sites for hydroxylation is 1. The van der Waals surface area contributed by atoms with Crippen LogP contribution in [0.5, 0.6) is 0 Å². The monoisotopic (exact) mass is 360 g/mol.